The Kier molecular flexibility index (Phi) is 2.44. The Morgan fingerprint density at radius 2 is 1.94 bits per heavy atom. The van der Waals surface area contributed by atoms with Crippen LogP contribution in [0.1, 0.15) is 30.4 Å². The molecule has 1 fully saturated rings. The molecule has 0 amide bonds. The normalized spacial score (nSPS) is 22.6. The van der Waals surface area contributed by atoms with Gasteiger partial charge in [-0.3, -0.25) is 9.69 Å². The molecule has 1 N–H and O–H groups in total. The van der Waals surface area contributed by atoms with Crippen molar-refractivity contribution in [2.45, 2.75) is 37.8 Å². The van der Waals surface area contributed by atoms with E-state index in [1.54, 1.807) is 0 Å². The lowest BCUT2D eigenvalue weighted by Crippen LogP contribution is -2.60. The van der Waals surface area contributed by atoms with Gasteiger partial charge in [-0.2, -0.15) is 0 Å². The molecular weight excluding hydrogens is 214 g/mol. The van der Waals surface area contributed by atoms with Crippen molar-refractivity contribution < 1.29 is 9.90 Å². The smallest absolute Gasteiger partial charge is 0.324 e. The predicted octanol–water partition coefficient (Wildman–Crippen LogP) is 2.05. The van der Waals surface area contributed by atoms with Crippen LogP contribution < -0.4 is 0 Å². The van der Waals surface area contributed by atoms with Crippen LogP contribution >= 0.6 is 0 Å². The molecule has 1 heterocycles. The summed E-state index contributed by atoms with van der Waals surface area (Å²) in [5, 5.41) is 9.44. The third-order valence-corrected chi connectivity index (χ3v) is 4.31. The minimum atomic E-state index is -0.636. The van der Waals surface area contributed by atoms with Crippen LogP contribution in [0.5, 0.6) is 0 Å². The second-order valence-corrected chi connectivity index (χ2v) is 5.13. The van der Waals surface area contributed by atoms with Gasteiger partial charge in [0.15, 0.2) is 0 Å². The van der Waals surface area contributed by atoms with E-state index in [1.807, 2.05) is 6.07 Å². The molecule has 0 bridgehead atoms. The fraction of sp³-hybridized carbons (Fsp3) is 0.500. The number of benzene rings is 1. The molecule has 1 aliphatic carbocycles. The van der Waals surface area contributed by atoms with E-state index >= 15 is 0 Å². The summed E-state index contributed by atoms with van der Waals surface area (Å²) in [4.78, 5) is 13.6. The van der Waals surface area contributed by atoms with Crippen molar-refractivity contribution in [3.05, 3.63) is 35.4 Å². The quantitative estimate of drug-likeness (QED) is 0.847. The van der Waals surface area contributed by atoms with Gasteiger partial charge in [0, 0.05) is 13.1 Å². The van der Waals surface area contributed by atoms with Crippen LogP contribution in [0.25, 0.3) is 0 Å². The predicted molar refractivity (Wildman–Crippen MR) is 64.8 cm³/mol. The van der Waals surface area contributed by atoms with Crippen LogP contribution in [-0.2, 0) is 17.8 Å². The summed E-state index contributed by atoms with van der Waals surface area (Å²) in [7, 11) is 0. The topological polar surface area (TPSA) is 40.5 Å². The van der Waals surface area contributed by atoms with Gasteiger partial charge >= 0.3 is 5.97 Å². The molecule has 17 heavy (non-hydrogen) atoms. The van der Waals surface area contributed by atoms with Gasteiger partial charge in [0.05, 0.1) is 0 Å². The maximum Gasteiger partial charge on any atom is 0.324 e. The number of carboxylic acids is 1. The Bertz CT molecular complexity index is 451. The monoisotopic (exact) mass is 231 g/mol. The van der Waals surface area contributed by atoms with Gasteiger partial charge in [-0.25, -0.2) is 0 Å². The van der Waals surface area contributed by atoms with Crippen molar-refractivity contribution >= 4 is 5.97 Å². The van der Waals surface area contributed by atoms with Crippen LogP contribution in [0.2, 0.25) is 0 Å². The first-order valence-electron chi connectivity index (χ1n) is 6.28. The molecule has 1 aromatic rings. The first kappa shape index (κ1) is 10.8. The molecule has 1 aromatic carbocycles. The molecule has 1 saturated carbocycles. The number of carboxylic acid groups (broad SMARTS) is 1. The van der Waals surface area contributed by atoms with Gasteiger partial charge in [-0.1, -0.05) is 24.3 Å². The fourth-order valence-corrected chi connectivity index (χ4v) is 3.04. The van der Waals surface area contributed by atoms with E-state index in [0.29, 0.717) is 0 Å². The number of fused-ring (bicyclic) bond motifs is 1. The van der Waals surface area contributed by atoms with Crippen molar-refractivity contribution in [1.29, 1.82) is 0 Å². The second kappa shape index (κ2) is 3.84. The number of hydrogen-bond donors (Lipinski definition) is 1. The number of carbonyl (C=O) groups is 1. The van der Waals surface area contributed by atoms with E-state index in [-0.39, 0.29) is 0 Å². The summed E-state index contributed by atoms with van der Waals surface area (Å²) in [6.07, 6.45) is 3.64. The summed E-state index contributed by atoms with van der Waals surface area (Å²) in [5.74, 6) is -0.636. The highest BCUT2D eigenvalue weighted by atomic mass is 16.4. The SMILES string of the molecule is O=C(O)C1(N2CCc3ccccc3C2)CCC1. The molecule has 3 heteroatoms. The Morgan fingerprint density at radius 3 is 2.53 bits per heavy atom. The lowest BCUT2D eigenvalue weighted by atomic mass is 9.74. The molecule has 0 aromatic heterocycles. The zero-order chi connectivity index (χ0) is 11.9. The van der Waals surface area contributed by atoms with Crippen LogP contribution in [0.4, 0.5) is 0 Å². The molecule has 0 spiro atoms. The van der Waals surface area contributed by atoms with Crippen molar-refractivity contribution in [3.8, 4) is 0 Å². The highest BCUT2D eigenvalue weighted by molar-refractivity contribution is 5.80. The van der Waals surface area contributed by atoms with Crippen LogP contribution in [0.15, 0.2) is 24.3 Å². The third-order valence-electron chi connectivity index (χ3n) is 4.31. The standard InChI is InChI=1S/C14H17NO2/c16-13(17)14(7-3-8-14)15-9-6-11-4-1-2-5-12(11)10-15/h1-2,4-5H,3,6-10H2,(H,16,17). The first-order chi connectivity index (χ1) is 8.22. The van der Waals surface area contributed by atoms with Gasteiger partial charge in [-0.15, -0.1) is 0 Å². The van der Waals surface area contributed by atoms with E-state index in [2.05, 4.69) is 23.1 Å². The van der Waals surface area contributed by atoms with E-state index in [9.17, 15) is 9.90 Å². The molecule has 3 nitrogen and oxygen atoms in total. The summed E-state index contributed by atoms with van der Waals surface area (Å²) in [6.45, 7) is 1.67. The van der Waals surface area contributed by atoms with Gasteiger partial charge in [0.2, 0.25) is 0 Å². The van der Waals surface area contributed by atoms with Crippen molar-refractivity contribution in [2.75, 3.05) is 6.54 Å². The highest BCUT2D eigenvalue weighted by Crippen LogP contribution is 2.40. The van der Waals surface area contributed by atoms with E-state index in [0.717, 1.165) is 38.8 Å². The zero-order valence-electron chi connectivity index (χ0n) is 9.85. The Labute approximate surface area is 101 Å². The van der Waals surface area contributed by atoms with E-state index in [1.165, 1.54) is 11.1 Å². The van der Waals surface area contributed by atoms with E-state index < -0.39 is 11.5 Å². The molecule has 1 aliphatic heterocycles. The Hall–Kier alpha value is -1.35. The first-order valence-corrected chi connectivity index (χ1v) is 6.28. The van der Waals surface area contributed by atoms with Crippen molar-refractivity contribution in [3.63, 3.8) is 0 Å². The lowest BCUT2D eigenvalue weighted by molar-refractivity contribution is -0.159. The number of rotatable bonds is 2. The second-order valence-electron chi connectivity index (χ2n) is 5.13. The van der Waals surface area contributed by atoms with Crippen LogP contribution in [0, 0.1) is 0 Å². The van der Waals surface area contributed by atoms with Gasteiger partial charge in [-0.05, 0) is 36.8 Å². The van der Waals surface area contributed by atoms with E-state index in [4.69, 9.17) is 0 Å². The van der Waals surface area contributed by atoms with Gasteiger partial charge < -0.3 is 5.11 Å². The molecule has 0 radical (unpaired) electrons. The Morgan fingerprint density at radius 1 is 1.24 bits per heavy atom. The summed E-state index contributed by atoms with van der Waals surface area (Å²) in [5.41, 5.74) is 2.11. The number of nitrogens with zero attached hydrogens (tertiary/aromatic N) is 1. The maximum absolute atomic E-state index is 11.5. The molecule has 0 saturated heterocycles. The number of aliphatic carboxylic acids is 1. The van der Waals surface area contributed by atoms with Gasteiger partial charge in [0.1, 0.15) is 5.54 Å². The zero-order valence-corrected chi connectivity index (χ0v) is 9.85. The fourth-order valence-electron chi connectivity index (χ4n) is 3.04. The summed E-state index contributed by atoms with van der Waals surface area (Å²) in [6, 6.07) is 8.37. The molecule has 0 unspecified atom stereocenters. The average Bonchev–Trinajstić information content (AvgIpc) is 2.27. The molecule has 90 valence electrons. The molecule has 3 rings (SSSR count). The minimum absolute atomic E-state index is 0.562. The minimum Gasteiger partial charge on any atom is -0.480 e. The van der Waals surface area contributed by atoms with Crippen molar-refractivity contribution in [2.24, 2.45) is 0 Å². The number of hydrogen-bond acceptors (Lipinski definition) is 2. The molecule has 2 aliphatic rings. The van der Waals surface area contributed by atoms with Crippen LogP contribution in [0.3, 0.4) is 0 Å². The van der Waals surface area contributed by atoms with Crippen molar-refractivity contribution in [1.82, 2.24) is 4.90 Å². The largest absolute Gasteiger partial charge is 0.480 e. The maximum atomic E-state index is 11.5. The van der Waals surface area contributed by atoms with Crippen LogP contribution in [-0.4, -0.2) is 28.1 Å². The van der Waals surface area contributed by atoms with Gasteiger partial charge in [0.25, 0.3) is 0 Å². The summed E-state index contributed by atoms with van der Waals surface area (Å²) >= 11 is 0. The molecule has 0 atom stereocenters. The average molecular weight is 231 g/mol. The highest BCUT2D eigenvalue weighted by Gasteiger charge is 2.49. The Balaban J connectivity index is 1.86. The molecular formula is C14H17NO2. The lowest BCUT2D eigenvalue weighted by Gasteiger charge is -2.48. The summed E-state index contributed by atoms with van der Waals surface area (Å²) < 4.78 is 0. The third kappa shape index (κ3) is 1.57.